The number of hydrogen-bond acceptors (Lipinski definition) is 4. The Labute approximate surface area is 183 Å². The molecule has 0 unspecified atom stereocenters. The van der Waals surface area contributed by atoms with Crippen LogP contribution in [0.5, 0.6) is 5.75 Å². The molecule has 30 heavy (non-hydrogen) atoms. The summed E-state index contributed by atoms with van der Waals surface area (Å²) in [6.07, 6.45) is 0. The number of thiazole rings is 1. The number of amides is 1. The third-order valence-electron chi connectivity index (χ3n) is 4.93. The quantitative estimate of drug-likeness (QED) is 0.451. The van der Waals surface area contributed by atoms with E-state index in [9.17, 15) is 4.79 Å². The number of aryl methyl sites for hydroxylation is 3. The van der Waals surface area contributed by atoms with Crippen molar-refractivity contribution < 1.29 is 9.53 Å². The summed E-state index contributed by atoms with van der Waals surface area (Å²) in [5.41, 5.74) is 5.18. The van der Waals surface area contributed by atoms with Gasteiger partial charge in [-0.25, -0.2) is 4.98 Å². The van der Waals surface area contributed by atoms with Crippen LogP contribution in [0.2, 0.25) is 0 Å². The molecule has 0 atom stereocenters. The first-order valence-electron chi connectivity index (χ1n) is 10.3. The summed E-state index contributed by atoms with van der Waals surface area (Å²) in [5, 5.41) is 2.94. The van der Waals surface area contributed by atoms with Crippen molar-refractivity contribution >= 4 is 17.2 Å². The number of nitrogens with zero attached hydrogens (tertiary/aromatic N) is 2. The molecular weight excluding hydrogens is 392 g/mol. The van der Waals surface area contributed by atoms with E-state index in [1.807, 2.05) is 47.5 Å². The highest BCUT2D eigenvalue weighted by atomic mass is 32.1. The van der Waals surface area contributed by atoms with Crippen LogP contribution in [0.25, 0.3) is 0 Å². The minimum Gasteiger partial charge on any atom is -0.486 e. The van der Waals surface area contributed by atoms with Gasteiger partial charge in [-0.15, -0.1) is 11.3 Å². The number of aromatic nitrogens is 1. The van der Waals surface area contributed by atoms with Gasteiger partial charge >= 0.3 is 0 Å². The number of ether oxygens (including phenoxy) is 1. The fourth-order valence-electron chi connectivity index (χ4n) is 3.25. The lowest BCUT2D eigenvalue weighted by molar-refractivity contribution is 0.0720. The Morgan fingerprint density at radius 3 is 2.60 bits per heavy atom. The van der Waals surface area contributed by atoms with Crippen LogP contribution >= 0.6 is 11.3 Å². The molecule has 0 radical (unpaired) electrons. The van der Waals surface area contributed by atoms with E-state index in [-0.39, 0.29) is 5.91 Å². The van der Waals surface area contributed by atoms with Crippen molar-refractivity contribution in [1.29, 1.82) is 0 Å². The van der Waals surface area contributed by atoms with Gasteiger partial charge in [0.15, 0.2) is 0 Å². The monoisotopic (exact) mass is 422 g/mol. The van der Waals surface area contributed by atoms with Crippen molar-refractivity contribution in [2.75, 3.05) is 6.54 Å². The second-order valence-electron chi connectivity index (χ2n) is 8.22. The fraction of sp³-hybridized carbons (Fsp3) is 0.360. The molecule has 1 aromatic heterocycles. The third-order valence-corrected chi connectivity index (χ3v) is 5.80. The molecule has 0 saturated carbocycles. The van der Waals surface area contributed by atoms with E-state index < -0.39 is 0 Å². The number of benzene rings is 2. The van der Waals surface area contributed by atoms with E-state index in [1.54, 1.807) is 11.3 Å². The lowest BCUT2D eigenvalue weighted by Crippen LogP contribution is -2.34. The maximum atomic E-state index is 13.1. The number of carbonyl (C=O) groups excluding carboxylic acids is 1. The summed E-state index contributed by atoms with van der Waals surface area (Å²) in [5.74, 6) is 1.28. The average molecular weight is 423 g/mol. The molecule has 1 heterocycles. The number of rotatable bonds is 8. The molecule has 0 fully saturated rings. The largest absolute Gasteiger partial charge is 0.486 e. The smallest absolute Gasteiger partial charge is 0.254 e. The minimum absolute atomic E-state index is 0.0494. The van der Waals surface area contributed by atoms with Gasteiger partial charge in [-0.05, 0) is 62.1 Å². The Morgan fingerprint density at radius 2 is 1.90 bits per heavy atom. The van der Waals surface area contributed by atoms with E-state index in [0.717, 1.165) is 27.6 Å². The minimum atomic E-state index is 0.0494. The lowest BCUT2D eigenvalue weighted by atomic mass is 10.1. The molecule has 0 saturated heterocycles. The van der Waals surface area contributed by atoms with Gasteiger partial charge in [-0.2, -0.15) is 0 Å². The van der Waals surface area contributed by atoms with Crippen LogP contribution in [0.1, 0.15) is 51.6 Å². The van der Waals surface area contributed by atoms with Gasteiger partial charge in [0.1, 0.15) is 17.4 Å². The molecule has 0 bridgehead atoms. The molecule has 1 amide bonds. The number of carbonyl (C=O) groups is 1. The molecule has 158 valence electrons. The van der Waals surface area contributed by atoms with Crippen LogP contribution in [-0.4, -0.2) is 22.3 Å². The Bertz CT molecular complexity index is 1010. The van der Waals surface area contributed by atoms with Crippen LogP contribution in [0.15, 0.2) is 47.8 Å². The molecular formula is C25H30N2O2S. The van der Waals surface area contributed by atoms with Crippen molar-refractivity contribution in [3.05, 3.63) is 80.8 Å². The summed E-state index contributed by atoms with van der Waals surface area (Å²) in [6.45, 7) is 12.1. The van der Waals surface area contributed by atoms with Crippen molar-refractivity contribution in [3.8, 4) is 5.75 Å². The first-order chi connectivity index (χ1) is 14.3. The summed E-state index contributed by atoms with van der Waals surface area (Å²) >= 11 is 1.57. The standard InChI is InChI=1S/C25H30N2O2S/c1-17(2)13-27(25(28)21-8-6-7-18(3)11-21)14-22-16-30-24(26-22)15-29-23-10-9-19(4)20(5)12-23/h6-12,16-17H,13-15H2,1-5H3. The molecule has 0 aliphatic heterocycles. The Morgan fingerprint density at radius 1 is 1.10 bits per heavy atom. The molecule has 3 rings (SSSR count). The topological polar surface area (TPSA) is 42.4 Å². The number of hydrogen-bond donors (Lipinski definition) is 0. The van der Waals surface area contributed by atoms with E-state index in [4.69, 9.17) is 9.72 Å². The molecule has 4 nitrogen and oxygen atoms in total. The van der Waals surface area contributed by atoms with E-state index in [2.05, 4.69) is 39.8 Å². The first-order valence-corrected chi connectivity index (χ1v) is 11.2. The van der Waals surface area contributed by atoms with Crippen LogP contribution in [-0.2, 0) is 13.2 Å². The van der Waals surface area contributed by atoms with Crippen LogP contribution in [0.3, 0.4) is 0 Å². The van der Waals surface area contributed by atoms with E-state index in [1.165, 1.54) is 11.1 Å². The van der Waals surface area contributed by atoms with Crippen molar-refractivity contribution in [3.63, 3.8) is 0 Å². The van der Waals surface area contributed by atoms with Crippen molar-refractivity contribution in [1.82, 2.24) is 9.88 Å². The van der Waals surface area contributed by atoms with Crippen LogP contribution < -0.4 is 4.74 Å². The second-order valence-corrected chi connectivity index (χ2v) is 9.16. The zero-order chi connectivity index (χ0) is 21.7. The van der Waals surface area contributed by atoms with Crippen molar-refractivity contribution in [2.45, 2.75) is 47.8 Å². The van der Waals surface area contributed by atoms with E-state index >= 15 is 0 Å². The molecule has 0 aliphatic carbocycles. The van der Waals surface area contributed by atoms with Gasteiger partial charge in [0, 0.05) is 17.5 Å². The summed E-state index contributed by atoms with van der Waals surface area (Å²) in [6, 6.07) is 13.9. The fourth-order valence-corrected chi connectivity index (χ4v) is 3.95. The summed E-state index contributed by atoms with van der Waals surface area (Å²) in [4.78, 5) is 19.7. The van der Waals surface area contributed by atoms with Crippen LogP contribution in [0.4, 0.5) is 0 Å². The highest BCUT2D eigenvalue weighted by Gasteiger charge is 2.19. The van der Waals surface area contributed by atoms with Gasteiger partial charge in [0.2, 0.25) is 0 Å². The SMILES string of the molecule is Cc1cccc(C(=O)N(Cc2csc(COc3ccc(C)c(C)c3)n2)CC(C)C)c1. The molecule has 0 aliphatic rings. The maximum absolute atomic E-state index is 13.1. The van der Waals surface area contributed by atoms with Gasteiger partial charge in [0.25, 0.3) is 5.91 Å². The van der Waals surface area contributed by atoms with Crippen molar-refractivity contribution in [2.24, 2.45) is 5.92 Å². The van der Waals surface area contributed by atoms with E-state index in [0.29, 0.717) is 25.6 Å². The zero-order valence-corrected chi connectivity index (χ0v) is 19.3. The summed E-state index contributed by atoms with van der Waals surface area (Å²) in [7, 11) is 0. The molecule has 2 aromatic carbocycles. The second kappa shape index (κ2) is 9.90. The highest BCUT2D eigenvalue weighted by Crippen LogP contribution is 2.20. The lowest BCUT2D eigenvalue weighted by Gasteiger charge is -2.24. The van der Waals surface area contributed by atoms with Gasteiger partial charge in [0.05, 0.1) is 12.2 Å². The first kappa shape index (κ1) is 22.0. The zero-order valence-electron chi connectivity index (χ0n) is 18.4. The maximum Gasteiger partial charge on any atom is 0.254 e. The molecule has 5 heteroatoms. The van der Waals surface area contributed by atoms with Crippen LogP contribution in [0, 0.1) is 26.7 Å². The molecule has 0 spiro atoms. The predicted molar refractivity (Wildman–Crippen MR) is 123 cm³/mol. The Kier molecular flexibility index (Phi) is 7.27. The normalized spacial score (nSPS) is 11.0. The predicted octanol–water partition coefficient (Wildman–Crippen LogP) is 5.95. The third kappa shape index (κ3) is 5.92. The van der Waals surface area contributed by atoms with Gasteiger partial charge < -0.3 is 9.64 Å². The molecule has 3 aromatic rings. The average Bonchev–Trinajstić information content (AvgIpc) is 3.15. The van der Waals surface area contributed by atoms with Gasteiger partial charge in [-0.1, -0.05) is 37.6 Å². The highest BCUT2D eigenvalue weighted by molar-refractivity contribution is 7.09. The summed E-state index contributed by atoms with van der Waals surface area (Å²) < 4.78 is 5.91. The molecule has 0 N–H and O–H groups in total. The Hall–Kier alpha value is -2.66. The Balaban J connectivity index is 1.67. The van der Waals surface area contributed by atoms with Gasteiger partial charge in [-0.3, -0.25) is 4.79 Å².